The van der Waals surface area contributed by atoms with Gasteiger partial charge >= 0.3 is 0 Å². The molecule has 0 aromatic rings. The average Bonchev–Trinajstić information content (AvgIpc) is 2.96. The van der Waals surface area contributed by atoms with E-state index in [9.17, 15) is 8.42 Å². The first-order valence-electron chi connectivity index (χ1n) is 10.5. The van der Waals surface area contributed by atoms with Crippen LogP contribution >= 0.6 is 24.0 Å². The van der Waals surface area contributed by atoms with Crippen LogP contribution < -0.4 is 10.6 Å². The summed E-state index contributed by atoms with van der Waals surface area (Å²) in [5, 5.41) is 7.30. The van der Waals surface area contributed by atoms with Crippen molar-refractivity contribution in [3.05, 3.63) is 0 Å². The van der Waals surface area contributed by atoms with Crippen LogP contribution in [-0.4, -0.2) is 57.7 Å². The third-order valence-electron chi connectivity index (χ3n) is 7.04. The fraction of sp³-hybridized carbons (Fsp3) is 0.950. The number of ether oxygens (including phenoxy) is 1. The molecule has 1 heterocycles. The summed E-state index contributed by atoms with van der Waals surface area (Å²) in [5.41, 5.74) is 0.0616. The second-order valence-electron chi connectivity index (χ2n) is 9.45. The van der Waals surface area contributed by atoms with Crippen LogP contribution in [0.1, 0.15) is 59.3 Å². The number of methoxy groups -OCH3 is 1. The number of guanidine groups is 1. The zero-order valence-electron chi connectivity index (χ0n) is 17.7. The Morgan fingerprint density at radius 3 is 2.46 bits per heavy atom. The van der Waals surface area contributed by atoms with E-state index >= 15 is 0 Å². The Bertz CT molecular complexity index is 653. The number of halogens is 1. The fourth-order valence-corrected chi connectivity index (χ4v) is 6.62. The van der Waals surface area contributed by atoms with Crippen molar-refractivity contribution in [2.45, 2.75) is 77.5 Å². The zero-order valence-corrected chi connectivity index (χ0v) is 20.9. The summed E-state index contributed by atoms with van der Waals surface area (Å²) < 4.78 is 29.1. The number of nitrogens with one attached hydrogen (secondary N) is 2. The summed E-state index contributed by atoms with van der Waals surface area (Å²) in [6, 6.07) is 0.763. The second-order valence-corrected chi connectivity index (χ2v) is 11.7. The number of hydrogen-bond donors (Lipinski definition) is 2. The molecule has 0 bridgehead atoms. The van der Waals surface area contributed by atoms with Crippen LogP contribution in [0, 0.1) is 17.3 Å². The van der Waals surface area contributed by atoms with Gasteiger partial charge in [0.1, 0.15) is 0 Å². The smallest absolute Gasteiger partial charge is 0.191 e. The summed E-state index contributed by atoms with van der Waals surface area (Å²) in [7, 11) is -1.07. The molecule has 3 rings (SSSR count). The van der Waals surface area contributed by atoms with Crippen LogP contribution in [0.3, 0.4) is 0 Å². The molecule has 0 spiro atoms. The van der Waals surface area contributed by atoms with Gasteiger partial charge in [0.25, 0.3) is 0 Å². The molecule has 2 aliphatic carbocycles. The standard InChI is InChI=1S/C20H37N3O3S.HI/c1-14-7-5-6-8-16(14)22-19(21-12-15-9-10-27(24,25)13-15)23-17-11-18(26-4)20(17,2)3;/h14-18H,5-13H2,1-4H3,(H2,21,22,23);1H. The average molecular weight is 528 g/mol. The molecule has 0 radical (unpaired) electrons. The Balaban J connectivity index is 0.00000280. The van der Waals surface area contributed by atoms with Crippen LogP contribution in [0.5, 0.6) is 0 Å². The van der Waals surface area contributed by atoms with E-state index in [1.807, 2.05) is 0 Å². The molecule has 0 aromatic carbocycles. The third kappa shape index (κ3) is 5.74. The molecule has 2 saturated carbocycles. The van der Waals surface area contributed by atoms with Crippen molar-refractivity contribution in [1.82, 2.24) is 10.6 Å². The van der Waals surface area contributed by atoms with E-state index in [1.165, 1.54) is 25.7 Å². The molecule has 1 saturated heterocycles. The number of sulfone groups is 1. The lowest BCUT2D eigenvalue weighted by atomic mass is 9.64. The largest absolute Gasteiger partial charge is 0.381 e. The van der Waals surface area contributed by atoms with E-state index in [4.69, 9.17) is 9.73 Å². The maximum Gasteiger partial charge on any atom is 0.191 e. The molecule has 8 heteroatoms. The van der Waals surface area contributed by atoms with Crippen molar-refractivity contribution in [1.29, 1.82) is 0 Å². The number of rotatable bonds is 5. The summed E-state index contributed by atoms with van der Waals surface area (Å²) in [6.45, 7) is 7.35. The molecule has 3 aliphatic rings. The van der Waals surface area contributed by atoms with E-state index in [0.29, 0.717) is 30.3 Å². The van der Waals surface area contributed by atoms with Gasteiger partial charge in [-0.05, 0) is 37.5 Å². The van der Waals surface area contributed by atoms with Crippen LogP contribution in [0.2, 0.25) is 0 Å². The first-order valence-corrected chi connectivity index (χ1v) is 12.3. The lowest BCUT2D eigenvalue weighted by Gasteiger charge is -2.51. The van der Waals surface area contributed by atoms with E-state index < -0.39 is 9.84 Å². The maximum atomic E-state index is 11.7. The molecule has 5 atom stereocenters. The molecule has 28 heavy (non-hydrogen) atoms. The highest BCUT2D eigenvalue weighted by atomic mass is 127. The van der Waals surface area contributed by atoms with Crippen molar-refractivity contribution in [3.8, 4) is 0 Å². The zero-order chi connectivity index (χ0) is 19.7. The Labute approximate surface area is 188 Å². The van der Waals surface area contributed by atoms with Gasteiger partial charge in [-0.1, -0.05) is 33.6 Å². The van der Waals surface area contributed by atoms with Gasteiger partial charge in [-0.3, -0.25) is 4.99 Å². The number of aliphatic imine (C=N–C) groups is 1. The van der Waals surface area contributed by atoms with Gasteiger partial charge in [0.15, 0.2) is 15.8 Å². The molecule has 5 unspecified atom stereocenters. The van der Waals surface area contributed by atoms with Gasteiger partial charge < -0.3 is 15.4 Å². The van der Waals surface area contributed by atoms with E-state index in [0.717, 1.165) is 18.8 Å². The second kappa shape index (κ2) is 9.81. The van der Waals surface area contributed by atoms with E-state index in [-0.39, 0.29) is 47.2 Å². The van der Waals surface area contributed by atoms with E-state index in [1.54, 1.807) is 7.11 Å². The monoisotopic (exact) mass is 527 g/mol. The highest BCUT2D eigenvalue weighted by Crippen LogP contribution is 2.42. The van der Waals surface area contributed by atoms with Crippen LogP contribution in [0.15, 0.2) is 4.99 Å². The Hall–Kier alpha value is -0.0900. The van der Waals surface area contributed by atoms with E-state index in [2.05, 4.69) is 31.4 Å². The van der Waals surface area contributed by atoms with Crippen molar-refractivity contribution in [2.75, 3.05) is 25.2 Å². The summed E-state index contributed by atoms with van der Waals surface area (Å²) in [6.07, 6.45) is 6.98. The Morgan fingerprint density at radius 2 is 1.89 bits per heavy atom. The molecule has 0 amide bonds. The SMILES string of the molecule is COC1CC(NC(=NCC2CCS(=O)(=O)C2)NC2CCCCC2C)C1(C)C.I. The summed E-state index contributed by atoms with van der Waals surface area (Å²) >= 11 is 0. The Kier molecular flexibility index (Phi) is 8.47. The lowest BCUT2D eigenvalue weighted by Crippen LogP contribution is -2.64. The Morgan fingerprint density at radius 1 is 1.18 bits per heavy atom. The highest BCUT2D eigenvalue weighted by Gasteiger charge is 2.49. The van der Waals surface area contributed by atoms with Crippen molar-refractivity contribution < 1.29 is 13.2 Å². The fourth-order valence-electron chi connectivity index (χ4n) is 4.77. The summed E-state index contributed by atoms with van der Waals surface area (Å²) in [5.74, 6) is 2.24. The minimum atomic E-state index is -2.85. The molecule has 2 N–H and O–H groups in total. The number of hydrogen-bond acceptors (Lipinski definition) is 4. The van der Waals surface area contributed by atoms with Gasteiger partial charge in [0.05, 0.1) is 17.6 Å². The van der Waals surface area contributed by atoms with Gasteiger partial charge in [-0.25, -0.2) is 8.42 Å². The first-order chi connectivity index (χ1) is 12.7. The van der Waals surface area contributed by atoms with Gasteiger partial charge in [0, 0.05) is 31.2 Å². The van der Waals surface area contributed by atoms with Gasteiger partial charge in [-0.15, -0.1) is 24.0 Å². The topological polar surface area (TPSA) is 79.8 Å². The molecule has 164 valence electrons. The molecule has 1 aliphatic heterocycles. The van der Waals surface area contributed by atoms with Crippen LogP contribution in [0.25, 0.3) is 0 Å². The van der Waals surface area contributed by atoms with Crippen molar-refractivity contribution in [3.63, 3.8) is 0 Å². The normalized spacial score (nSPS) is 36.9. The van der Waals surface area contributed by atoms with Crippen molar-refractivity contribution in [2.24, 2.45) is 22.2 Å². The first kappa shape index (κ1) is 24.2. The predicted molar refractivity (Wildman–Crippen MR) is 125 cm³/mol. The minimum absolute atomic E-state index is 0. The third-order valence-corrected chi connectivity index (χ3v) is 8.88. The highest BCUT2D eigenvalue weighted by molar-refractivity contribution is 14.0. The predicted octanol–water partition coefficient (Wildman–Crippen LogP) is 2.97. The van der Waals surface area contributed by atoms with Crippen LogP contribution in [0.4, 0.5) is 0 Å². The molecular formula is C20H38IN3O3S. The lowest BCUT2D eigenvalue weighted by molar-refractivity contribution is -0.0923. The van der Waals surface area contributed by atoms with Gasteiger partial charge in [0.2, 0.25) is 0 Å². The number of nitrogens with zero attached hydrogens (tertiary/aromatic N) is 1. The molecule has 6 nitrogen and oxygen atoms in total. The van der Waals surface area contributed by atoms with Crippen LogP contribution in [-0.2, 0) is 14.6 Å². The van der Waals surface area contributed by atoms with Crippen molar-refractivity contribution >= 4 is 39.8 Å². The molecule has 3 fully saturated rings. The molecular weight excluding hydrogens is 489 g/mol. The van der Waals surface area contributed by atoms with Gasteiger partial charge in [-0.2, -0.15) is 0 Å². The molecule has 0 aromatic heterocycles. The quantitative estimate of drug-likeness (QED) is 0.327. The summed E-state index contributed by atoms with van der Waals surface area (Å²) in [4.78, 5) is 4.83. The maximum absolute atomic E-state index is 11.7. The minimum Gasteiger partial charge on any atom is -0.381 e.